The summed E-state index contributed by atoms with van der Waals surface area (Å²) in [7, 11) is 0. The standard InChI is InChI=1S/C15H16ClNO3S/c1-8(2)10(15(19)20)7-17-14(18)13-12(16)9-5-3-4-6-11(9)21-13/h3-6,8,10H,7H2,1-2H3,(H,17,18)(H,19,20). The predicted octanol–water partition coefficient (Wildman–Crippen LogP) is 3.64. The molecular weight excluding hydrogens is 310 g/mol. The van der Waals surface area contributed by atoms with Crippen LogP contribution in [-0.2, 0) is 4.79 Å². The molecule has 0 saturated heterocycles. The highest BCUT2D eigenvalue weighted by molar-refractivity contribution is 7.21. The highest BCUT2D eigenvalue weighted by Gasteiger charge is 2.23. The minimum atomic E-state index is -0.910. The first-order chi connectivity index (χ1) is 9.91. The zero-order chi connectivity index (χ0) is 15.6. The van der Waals surface area contributed by atoms with Crippen LogP contribution in [0, 0.1) is 11.8 Å². The minimum Gasteiger partial charge on any atom is -0.481 e. The van der Waals surface area contributed by atoms with E-state index in [1.807, 2.05) is 38.1 Å². The van der Waals surface area contributed by atoms with Crippen molar-refractivity contribution in [1.29, 1.82) is 0 Å². The molecule has 4 nitrogen and oxygen atoms in total. The van der Waals surface area contributed by atoms with Crippen LogP contribution in [0.25, 0.3) is 10.1 Å². The largest absolute Gasteiger partial charge is 0.481 e. The van der Waals surface area contributed by atoms with Gasteiger partial charge in [-0.1, -0.05) is 43.6 Å². The summed E-state index contributed by atoms with van der Waals surface area (Å²) in [5, 5.41) is 13.1. The van der Waals surface area contributed by atoms with Crippen LogP contribution in [-0.4, -0.2) is 23.5 Å². The third-order valence-electron chi connectivity index (χ3n) is 3.35. The zero-order valence-corrected chi connectivity index (χ0v) is 13.3. The van der Waals surface area contributed by atoms with E-state index < -0.39 is 11.9 Å². The van der Waals surface area contributed by atoms with Crippen molar-refractivity contribution in [1.82, 2.24) is 5.32 Å². The molecule has 0 spiro atoms. The van der Waals surface area contributed by atoms with Gasteiger partial charge in [0.15, 0.2) is 0 Å². The van der Waals surface area contributed by atoms with E-state index in [9.17, 15) is 9.59 Å². The Morgan fingerprint density at radius 3 is 2.57 bits per heavy atom. The van der Waals surface area contributed by atoms with Crippen LogP contribution in [0.3, 0.4) is 0 Å². The fraction of sp³-hybridized carbons (Fsp3) is 0.333. The van der Waals surface area contributed by atoms with E-state index in [4.69, 9.17) is 16.7 Å². The van der Waals surface area contributed by atoms with Crippen molar-refractivity contribution in [3.05, 3.63) is 34.2 Å². The Labute approximate surface area is 131 Å². The van der Waals surface area contributed by atoms with Gasteiger partial charge in [-0.3, -0.25) is 9.59 Å². The van der Waals surface area contributed by atoms with Crippen molar-refractivity contribution in [2.45, 2.75) is 13.8 Å². The molecule has 0 aliphatic rings. The number of nitrogens with one attached hydrogen (secondary N) is 1. The second-order valence-electron chi connectivity index (χ2n) is 5.14. The topological polar surface area (TPSA) is 66.4 Å². The Kier molecular flexibility index (Phi) is 4.85. The summed E-state index contributed by atoms with van der Waals surface area (Å²) in [6.07, 6.45) is 0. The molecule has 0 aliphatic carbocycles. The second kappa shape index (κ2) is 6.45. The molecule has 0 fully saturated rings. The Morgan fingerprint density at radius 1 is 1.33 bits per heavy atom. The van der Waals surface area contributed by atoms with Gasteiger partial charge in [0, 0.05) is 16.6 Å². The first kappa shape index (κ1) is 15.8. The smallest absolute Gasteiger partial charge is 0.308 e. The monoisotopic (exact) mass is 325 g/mol. The van der Waals surface area contributed by atoms with E-state index in [0.717, 1.165) is 10.1 Å². The summed E-state index contributed by atoms with van der Waals surface area (Å²) in [6, 6.07) is 7.51. The fourth-order valence-corrected chi connectivity index (χ4v) is 3.48. The molecule has 1 atom stereocenters. The maximum Gasteiger partial charge on any atom is 0.308 e. The highest BCUT2D eigenvalue weighted by atomic mass is 35.5. The molecule has 1 heterocycles. The number of carbonyl (C=O) groups is 2. The van der Waals surface area contributed by atoms with Crippen molar-refractivity contribution < 1.29 is 14.7 Å². The molecular formula is C15H16ClNO3S. The van der Waals surface area contributed by atoms with E-state index in [-0.39, 0.29) is 18.4 Å². The molecule has 0 radical (unpaired) electrons. The molecule has 1 aromatic carbocycles. The maximum absolute atomic E-state index is 12.2. The zero-order valence-electron chi connectivity index (χ0n) is 11.7. The Hall–Kier alpha value is -1.59. The normalized spacial score (nSPS) is 12.6. The van der Waals surface area contributed by atoms with Gasteiger partial charge < -0.3 is 10.4 Å². The first-order valence-corrected chi connectivity index (χ1v) is 7.79. The van der Waals surface area contributed by atoms with Crippen LogP contribution < -0.4 is 5.32 Å². The molecule has 2 N–H and O–H groups in total. The van der Waals surface area contributed by atoms with Crippen LogP contribution >= 0.6 is 22.9 Å². The van der Waals surface area contributed by atoms with Crippen LogP contribution in [0.1, 0.15) is 23.5 Å². The molecule has 21 heavy (non-hydrogen) atoms. The number of amides is 1. The Balaban J connectivity index is 2.16. The van der Waals surface area contributed by atoms with Crippen molar-refractivity contribution in [2.24, 2.45) is 11.8 Å². The minimum absolute atomic E-state index is 0.0549. The molecule has 6 heteroatoms. The number of carboxylic acid groups (broad SMARTS) is 1. The summed E-state index contributed by atoms with van der Waals surface area (Å²) in [5.41, 5.74) is 0. The number of fused-ring (bicyclic) bond motifs is 1. The summed E-state index contributed by atoms with van der Waals surface area (Å²) >= 11 is 7.53. The van der Waals surface area contributed by atoms with Gasteiger partial charge >= 0.3 is 5.97 Å². The van der Waals surface area contributed by atoms with Gasteiger partial charge in [-0.15, -0.1) is 11.3 Å². The van der Waals surface area contributed by atoms with E-state index in [0.29, 0.717) is 9.90 Å². The van der Waals surface area contributed by atoms with Crippen LogP contribution in [0.15, 0.2) is 24.3 Å². The van der Waals surface area contributed by atoms with Crippen LogP contribution in [0.4, 0.5) is 0 Å². The lowest BCUT2D eigenvalue weighted by Crippen LogP contribution is -2.35. The third kappa shape index (κ3) is 3.36. The van der Waals surface area contributed by atoms with Gasteiger partial charge in [-0.05, 0) is 12.0 Å². The third-order valence-corrected chi connectivity index (χ3v) is 5.02. The molecule has 2 rings (SSSR count). The Morgan fingerprint density at radius 2 is 2.00 bits per heavy atom. The number of aliphatic carboxylic acids is 1. The number of thiophene rings is 1. The van der Waals surface area contributed by atoms with E-state index in [1.54, 1.807) is 0 Å². The molecule has 2 aromatic rings. The van der Waals surface area contributed by atoms with Crippen LogP contribution in [0.5, 0.6) is 0 Å². The van der Waals surface area contributed by atoms with Crippen molar-refractivity contribution in [3.8, 4) is 0 Å². The number of hydrogen-bond acceptors (Lipinski definition) is 3. The van der Waals surface area contributed by atoms with Gasteiger partial charge in [-0.25, -0.2) is 0 Å². The molecule has 1 unspecified atom stereocenters. The number of carbonyl (C=O) groups excluding carboxylic acids is 1. The number of carboxylic acids is 1. The van der Waals surface area contributed by atoms with Crippen molar-refractivity contribution in [2.75, 3.05) is 6.54 Å². The lowest BCUT2D eigenvalue weighted by Gasteiger charge is -2.16. The lowest BCUT2D eigenvalue weighted by molar-refractivity contribution is -0.142. The number of rotatable bonds is 5. The molecule has 0 aliphatic heterocycles. The molecule has 1 amide bonds. The van der Waals surface area contributed by atoms with Crippen molar-refractivity contribution >= 4 is 44.9 Å². The van der Waals surface area contributed by atoms with Gasteiger partial charge in [0.1, 0.15) is 4.88 Å². The van der Waals surface area contributed by atoms with Gasteiger partial charge in [-0.2, -0.15) is 0 Å². The van der Waals surface area contributed by atoms with Crippen LogP contribution in [0.2, 0.25) is 5.02 Å². The maximum atomic E-state index is 12.2. The fourth-order valence-electron chi connectivity index (χ4n) is 2.05. The SMILES string of the molecule is CC(C)C(CNC(=O)c1sc2ccccc2c1Cl)C(=O)O. The summed E-state index contributed by atoms with van der Waals surface area (Å²) in [4.78, 5) is 23.8. The van der Waals surface area contributed by atoms with E-state index in [1.165, 1.54) is 11.3 Å². The second-order valence-corrected chi connectivity index (χ2v) is 6.57. The Bertz CT molecular complexity index is 681. The number of hydrogen-bond donors (Lipinski definition) is 2. The first-order valence-electron chi connectivity index (χ1n) is 6.59. The highest BCUT2D eigenvalue weighted by Crippen LogP contribution is 2.34. The number of benzene rings is 1. The predicted molar refractivity (Wildman–Crippen MR) is 85.1 cm³/mol. The summed E-state index contributed by atoms with van der Waals surface area (Å²) in [6.45, 7) is 3.73. The molecule has 0 saturated carbocycles. The summed E-state index contributed by atoms with van der Waals surface area (Å²) in [5.74, 6) is -1.90. The average molecular weight is 326 g/mol. The van der Waals surface area contributed by atoms with Gasteiger partial charge in [0.25, 0.3) is 5.91 Å². The van der Waals surface area contributed by atoms with Gasteiger partial charge in [0.2, 0.25) is 0 Å². The van der Waals surface area contributed by atoms with Gasteiger partial charge in [0.05, 0.1) is 10.9 Å². The van der Waals surface area contributed by atoms with E-state index >= 15 is 0 Å². The molecule has 112 valence electrons. The summed E-state index contributed by atoms with van der Waals surface area (Å²) < 4.78 is 0.936. The quantitative estimate of drug-likeness (QED) is 0.882. The lowest BCUT2D eigenvalue weighted by atomic mass is 9.96. The number of halogens is 1. The van der Waals surface area contributed by atoms with Crippen molar-refractivity contribution in [3.63, 3.8) is 0 Å². The van der Waals surface area contributed by atoms with E-state index in [2.05, 4.69) is 5.32 Å². The molecule has 1 aromatic heterocycles. The average Bonchev–Trinajstić information content (AvgIpc) is 2.76. The molecule has 0 bridgehead atoms.